The Kier molecular flexibility index (Phi) is 7.39. The summed E-state index contributed by atoms with van der Waals surface area (Å²) in [6, 6.07) is 4.81. The number of nitrogens with zero attached hydrogens (tertiary/aromatic N) is 1. The number of carbonyl (C=O) groups is 2. The Balaban J connectivity index is 2.39. The summed E-state index contributed by atoms with van der Waals surface area (Å²) in [6.07, 6.45) is 0.788. The normalized spacial score (nSPS) is 10.5. The SMILES string of the molecule is CCN(CC)CCCNC(=O)C(=O)Nc1cc(C)ccc1O. The summed E-state index contributed by atoms with van der Waals surface area (Å²) in [5.74, 6) is -1.53. The Hall–Kier alpha value is -2.08. The standard InChI is InChI=1S/C16H25N3O3/c1-4-19(5-2)10-6-9-17-15(21)16(22)18-13-11-12(3)7-8-14(13)20/h7-8,11,20H,4-6,9-10H2,1-3H3,(H,17,21)(H,18,22). The zero-order valence-electron chi connectivity index (χ0n) is 13.5. The van der Waals surface area contributed by atoms with Gasteiger partial charge in [-0.25, -0.2) is 0 Å². The molecule has 0 saturated carbocycles. The van der Waals surface area contributed by atoms with Crippen molar-refractivity contribution >= 4 is 17.5 Å². The van der Waals surface area contributed by atoms with Gasteiger partial charge in [-0.2, -0.15) is 0 Å². The van der Waals surface area contributed by atoms with Gasteiger partial charge in [0.1, 0.15) is 5.75 Å². The molecule has 0 aliphatic rings. The van der Waals surface area contributed by atoms with Gasteiger partial charge in [0, 0.05) is 6.54 Å². The Bertz CT molecular complexity index is 513. The number of phenols is 1. The van der Waals surface area contributed by atoms with E-state index in [-0.39, 0.29) is 11.4 Å². The zero-order chi connectivity index (χ0) is 16.5. The molecule has 2 amide bonds. The van der Waals surface area contributed by atoms with Crippen LogP contribution >= 0.6 is 0 Å². The van der Waals surface area contributed by atoms with Crippen molar-refractivity contribution in [3.05, 3.63) is 23.8 Å². The third-order valence-electron chi connectivity index (χ3n) is 3.44. The van der Waals surface area contributed by atoms with Crippen LogP contribution in [0.4, 0.5) is 5.69 Å². The summed E-state index contributed by atoms with van der Waals surface area (Å²) < 4.78 is 0. The van der Waals surface area contributed by atoms with E-state index >= 15 is 0 Å². The monoisotopic (exact) mass is 307 g/mol. The van der Waals surface area contributed by atoms with Gasteiger partial charge < -0.3 is 20.6 Å². The molecule has 0 aliphatic heterocycles. The van der Waals surface area contributed by atoms with Crippen LogP contribution in [-0.2, 0) is 9.59 Å². The Morgan fingerprint density at radius 3 is 2.50 bits per heavy atom. The molecule has 0 atom stereocenters. The van der Waals surface area contributed by atoms with Gasteiger partial charge >= 0.3 is 11.8 Å². The Labute approximate surface area is 131 Å². The molecule has 0 heterocycles. The molecule has 1 rings (SSSR count). The van der Waals surface area contributed by atoms with Gasteiger partial charge in [0.05, 0.1) is 5.69 Å². The molecule has 22 heavy (non-hydrogen) atoms. The van der Waals surface area contributed by atoms with Gasteiger partial charge in [0.15, 0.2) is 0 Å². The highest BCUT2D eigenvalue weighted by Gasteiger charge is 2.15. The van der Waals surface area contributed by atoms with E-state index in [9.17, 15) is 14.7 Å². The first-order valence-electron chi connectivity index (χ1n) is 7.59. The second kappa shape index (κ2) is 9.04. The fourth-order valence-electron chi connectivity index (χ4n) is 2.05. The molecule has 122 valence electrons. The Morgan fingerprint density at radius 1 is 1.18 bits per heavy atom. The Morgan fingerprint density at radius 2 is 1.86 bits per heavy atom. The molecular weight excluding hydrogens is 282 g/mol. The lowest BCUT2D eigenvalue weighted by molar-refractivity contribution is -0.136. The van der Waals surface area contributed by atoms with Gasteiger partial charge in [-0.15, -0.1) is 0 Å². The lowest BCUT2D eigenvalue weighted by Gasteiger charge is -2.17. The minimum absolute atomic E-state index is 0.0618. The molecule has 0 radical (unpaired) electrons. The lowest BCUT2D eigenvalue weighted by atomic mass is 10.2. The second-order valence-corrected chi connectivity index (χ2v) is 5.11. The quantitative estimate of drug-likeness (QED) is 0.405. The number of nitrogens with one attached hydrogen (secondary N) is 2. The van der Waals surface area contributed by atoms with E-state index < -0.39 is 11.8 Å². The largest absolute Gasteiger partial charge is 0.506 e. The van der Waals surface area contributed by atoms with E-state index in [4.69, 9.17) is 0 Å². The molecule has 0 fully saturated rings. The van der Waals surface area contributed by atoms with Crippen LogP contribution in [0, 0.1) is 6.92 Å². The van der Waals surface area contributed by atoms with E-state index in [1.54, 1.807) is 12.1 Å². The molecule has 0 spiro atoms. The summed E-state index contributed by atoms with van der Waals surface area (Å²) in [6.45, 7) is 9.28. The molecular formula is C16H25N3O3. The number of aryl methyl sites for hydroxylation is 1. The average Bonchev–Trinajstić information content (AvgIpc) is 2.50. The number of carbonyl (C=O) groups excluding carboxylic acids is 2. The summed E-state index contributed by atoms with van der Waals surface area (Å²) in [5.41, 5.74) is 1.12. The van der Waals surface area contributed by atoms with E-state index in [1.807, 2.05) is 6.92 Å². The van der Waals surface area contributed by atoms with E-state index in [2.05, 4.69) is 29.4 Å². The summed E-state index contributed by atoms with van der Waals surface area (Å²) >= 11 is 0. The van der Waals surface area contributed by atoms with Crippen molar-refractivity contribution in [1.82, 2.24) is 10.2 Å². The first-order valence-corrected chi connectivity index (χ1v) is 7.59. The first kappa shape index (κ1) is 18.0. The highest BCUT2D eigenvalue weighted by molar-refractivity contribution is 6.39. The molecule has 0 saturated heterocycles. The smallest absolute Gasteiger partial charge is 0.313 e. The zero-order valence-corrected chi connectivity index (χ0v) is 13.5. The van der Waals surface area contributed by atoms with Crippen molar-refractivity contribution in [2.75, 3.05) is 31.5 Å². The maximum atomic E-state index is 11.8. The molecule has 0 bridgehead atoms. The van der Waals surface area contributed by atoms with Crippen LogP contribution in [0.3, 0.4) is 0 Å². The summed E-state index contributed by atoms with van der Waals surface area (Å²) in [5, 5.41) is 14.6. The van der Waals surface area contributed by atoms with Crippen LogP contribution in [0.2, 0.25) is 0 Å². The van der Waals surface area contributed by atoms with Gasteiger partial charge in [0.25, 0.3) is 0 Å². The van der Waals surface area contributed by atoms with Gasteiger partial charge in [-0.3, -0.25) is 9.59 Å². The van der Waals surface area contributed by atoms with E-state index in [0.29, 0.717) is 6.54 Å². The molecule has 0 unspecified atom stereocenters. The number of rotatable bonds is 7. The number of aromatic hydroxyl groups is 1. The third kappa shape index (κ3) is 5.73. The minimum atomic E-state index is -0.774. The van der Waals surface area contributed by atoms with Crippen molar-refractivity contribution in [1.29, 1.82) is 0 Å². The molecule has 6 heteroatoms. The highest BCUT2D eigenvalue weighted by atomic mass is 16.3. The second-order valence-electron chi connectivity index (χ2n) is 5.11. The van der Waals surface area contributed by atoms with Crippen LogP contribution in [0.25, 0.3) is 0 Å². The number of hydrogen-bond donors (Lipinski definition) is 3. The van der Waals surface area contributed by atoms with Crippen molar-refractivity contribution in [3.63, 3.8) is 0 Å². The summed E-state index contributed by atoms with van der Waals surface area (Å²) in [7, 11) is 0. The lowest BCUT2D eigenvalue weighted by Crippen LogP contribution is -2.37. The molecule has 0 aliphatic carbocycles. The molecule has 3 N–H and O–H groups in total. The topological polar surface area (TPSA) is 81.7 Å². The van der Waals surface area contributed by atoms with Crippen molar-refractivity contribution in [3.8, 4) is 5.75 Å². The van der Waals surface area contributed by atoms with Gasteiger partial charge in [-0.05, 0) is 50.7 Å². The maximum absolute atomic E-state index is 11.8. The van der Waals surface area contributed by atoms with Gasteiger partial charge in [-0.1, -0.05) is 19.9 Å². The average molecular weight is 307 g/mol. The third-order valence-corrected chi connectivity index (χ3v) is 3.44. The van der Waals surface area contributed by atoms with Crippen molar-refractivity contribution in [2.24, 2.45) is 0 Å². The number of hydrogen-bond acceptors (Lipinski definition) is 4. The number of phenolic OH excluding ortho intramolecular Hbond substituents is 1. The van der Waals surface area contributed by atoms with Crippen LogP contribution in [0.1, 0.15) is 25.8 Å². The van der Waals surface area contributed by atoms with Crippen LogP contribution in [0.15, 0.2) is 18.2 Å². The van der Waals surface area contributed by atoms with Crippen LogP contribution in [0.5, 0.6) is 5.75 Å². The minimum Gasteiger partial charge on any atom is -0.506 e. The fraction of sp³-hybridized carbons (Fsp3) is 0.500. The highest BCUT2D eigenvalue weighted by Crippen LogP contribution is 2.23. The van der Waals surface area contributed by atoms with E-state index in [0.717, 1.165) is 31.6 Å². The number of amides is 2. The predicted molar refractivity (Wildman–Crippen MR) is 86.9 cm³/mol. The predicted octanol–water partition coefficient (Wildman–Crippen LogP) is 1.49. The molecule has 1 aromatic rings. The maximum Gasteiger partial charge on any atom is 0.313 e. The van der Waals surface area contributed by atoms with Gasteiger partial charge in [0.2, 0.25) is 0 Å². The van der Waals surface area contributed by atoms with Crippen molar-refractivity contribution in [2.45, 2.75) is 27.2 Å². The molecule has 6 nitrogen and oxygen atoms in total. The number of anilines is 1. The summed E-state index contributed by atoms with van der Waals surface area (Å²) in [4.78, 5) is 25.7. The first-order chi connectivity index (χ1) is 10.5. The van der Waals surface area contributed by atoms with Crippen molar-refractivity contribution < 1.29 is 14.7 Å². The van der Waals surface area contributed by atoms with Crippen LogP contribution in [-0.4, -0.2) is 48.0 Å². The molecule has 1 aromatic carbocycles. The van der Waals surface area contributed by atoms with E-state index in [1.165, 1.54) is 6.07 Å². The van der Waals surface area contributed by atoms with Crippen LogP contribution < -0.4 is 10.6 Å². The number of benzene rings is 1. The fourth-order valence-corrected chi connectivity index (χ4v) is 2.05. The molecule has 0 aromatic heterocycles.